The van der Waals surface area contributed by atoms with Gasteiger partial charge in [-0.2, -0.15) is 0 Å². The third-order valence-corrected chi connectivity index (χ3v) is 5.57. The molecule has 1 aliphatic carbocycles. The van der Waals surface area contributed by atoms with Crippen molar-refractivity contribution >= 4 is 10.9 Å². The van der Waals surface area contributed by atoms with Crippen LogP contribution in [0.1, 0.15) is 30.5 Å². The Morgan fingerprint density at radius 3 is 2.50 bits per heavy atom. The van der Waals surface area contributed by atoms with Gasteiger partial charge >= 0.3 is 0 Å². The molecule has 3 nitrogen and oxygen atoms in total. The van der Waals surface area contributed by atoms with E-state index in [4.69, 9.17) is 9.72 Å². The molecule has 3 heteroatoms. The van der Waals surface area contributed by atoms with Crippen molar-refractivity contribution in [3.63, 3.8) is 0 Å². The molecule has 0 saturated heterocycles. The molecule has 0 unspecified atom stereocenters. The van der Waals surface area contributed by atoms with Gasteiger partial charge in [-0.25, -0.2) is 0 Å². The molecule has 1 saturated carbocycles. The molecule has 0 atom stereocenters. The van der Waals surface area contributed by atoms with Gasteiger partial charge in [0.2, 0.25) is 0 Å². The minimum Gasteiger partial charge on any atom is -0.497 e. The van der Waals surface area contributed by atoms with Crippen LogP contribution in [-0.2, 0) is 6.54 Å². The minimum absolute atomic E-state index is 0.822. The molecule has 0 bridgehead atoms. The molecule has 0 spiro atoms. The first-order valence-electron chi connectivity index (χ1n) is 8.78. The molecule has 3 aromatic rings. The molecule has 0 amide bonds. The third-order valence-electron chi connectivity index (χ3n) is 5.57. The molecule has 1 aliphatic rings. The van der Waals surface area contributed by atoms with Crippen LogP contribution in [0.25, 0.3) is 22.2 Å². The first-order chi connectivity index (χ1) is 11.7. The summed E-state index contributed by atoms with van der Waals surface area (Å²) >= 11 is 0. The van der Waals surface area contributed by atoms with Gasteiger partial charge in [0, 0.05) is 29.4 Å². The quantitative estimate of drug-likeness (QED) is 0.666. The highest BCUT2D eigenvalue weighted by atomic mass is 16.5. The first kappa shape index (κ1) is 15.3. The predicted molar refractivity (Wildman–Crippen MR) is 98.5 cm³/mol. The zero-order chi connectivity index (χ0) is 16.7. The highest BCUT2D eigenvalue weighted by molar-refractivity contribution is 5.95. The smallest absolute Gasteiger partial charge is 0.118 e. The van der Waals surface area contributed by atoms with Gasteiger partial charge in [-0.1, -0.05) is 6.42 Å². The van der Waals surface area contributed by atoms with E-state index in [-0.39, 0.29) is 0 Å². The topological polar surface area (TPSA) is 27.1 Å². The summed E-state index contributed by atoms with van der Waals surface area (Å²) in [5.74, 6) is 1.70. The lowest BCUT2D eigenvalue weighted by molar-refractivity contribution is 0.278. The van der Waals surface area contributed by atoms with E-state index in [2.05, 4.69) is 36.6 Å². The molecule has 24 heavy (non-hydrogen) atoms. The van der Waals surface area contributed by atoms with Gasteiger partial charge in [0.1, 0.15) is 5.75 Å². The number of aryl methyl sites for hydroxylation is 1. The van der Waals surface area contributed by atoms with Gasteiger partial charge in [0.05, 0.1) is 18.3 Å². The van der Waals surface area contributed by atoms with Crippen LogP contribution < -0.4 is 4.74 Å². The molecule has 4 rings (SSSR count). The summed E-state index contributed by atoms with van der Waals surface area (Å²) in [6, 6.07) is 10.4. The molecule has 0 aliphatic heterocycles. The number of pyridine rings is 1. The van der Waals surface area contributed by atoms with Gasteiger partial charge in [0.15, 0.2) is 0 Å². The maximum absolute atomic E-state index is 5.29. The van der Waals surface area contributed by atoms with Crippen LogP contribution >= 0.6 is 0 Å². The van der Waals surface area contributed by atoms with Crippen molar-refractivity contribution < 1.29 is 4.74 Å². The Kier molecular flexibility index (Phi) is 3.79. The second-order valence-electron chi connectivity index (χ2n) is 6.90. The molecule has 1 aromatic carbocycles. The molecule has 2 aromatic heterocycles. The van der Waals surface area contributed by atoms with E-state index in [1.807, 2.05) is 18.3 Å². The third kappa shape index (κ3) is 2.39. The van der Waals surface area contributed by atoms with Crippen LogP contribution in [0.3, 0.4) is 0 Å². The molecule has 0 radical (unpaired) electrons. The van der Waals surface area contributed by atoms with E-state index in [1.165, 1.54) is 41.4 Å². The van der Waals surface area contributed by atoms with E-state index in [9.17, 15) is 0 Å². The lowest BCUT2D eigenvalue weighted by Crippen LogP contribution is -2.18. The van der Waals surface area contributed by atoms with E-state index in [0.29, 0.717) is 0 Å². The van der Waals surface area contributed by atoms with Gasteiger partial charge in [0.25, 0.3) is 0 Å². The van der Waals surface area contributed by atoms with E-state index in [0.717, 1.165) is 29.5 Å². The summed E-state index contributed by atoms with van der Waals surface area (Å²) in [7, 11) is 1.70. The Morgan fingerprint density at radius 2 is 1.88 bits per heavy atom. The van der Waals surface area contributed by atoms with Crippen LogP contribution in [-0.4, -0.2) is 16.7 Å². The second kappa shape index (κ2) is 5.97. The molecule has 2 heterocycles. The number of hydrogen-bond acceptors (Lipinski definition) is 2. The standard InChI is InChI=1S/C21H24N2O/c1-14-15(2)23(13-16-5-4-6-16)21-19(14)11-12-22-20(21)17-7-9-18(24-3)10-8-17/h7-12,16H,4-6,13H2,1-3H3. The van der Waals surface area contributed by atoms with Crippen LogP contribution in [0.5, 0.6) is 5.75 Å². The summed E-state index contributed by atoms with van der Waals surface area (Å²) in [5, 5.41) is 1.33. The lowest BCUT2D eigenvalue weighted by Gasteiger charge is -2.27. The van der Waals surface area contributed by atoms with Crippen molar-refractivity contribution in [3.8, 4) is 17.0 Å². The normalized spacial score (nSPS) is 14.8. The second-order valence-corrected chi connectivity index (χ2v) is 6.90. The number of fused-ring (bicyclic) bond motifs is 1. The van der Waals surface area contributed by atoms with Crippen molar-refractivity contribution in [3.05, 3.63) is 47.8 Å². The Labute approximate surface area is 143 Å². The van der Waals surface area contributed by atoms with Crippen molar-refractivity contribution in [1.82, 2.24) is 9.55 Å². The number of aromatic nitrogens is 2. The average molecular weight is 320 g/mol. The van der Waals surface area contributed by atoms with E-state index in [1.54, 1.807) is 7.11 Å². The Morgan fingerprint density at radius 1 is 1.12 bits per heavy atom. The number of nitrogens with zero attached hydrogens (tertiary/aromatic N) is 2. The van der Waals surface area contributed by atoms with Crippen molar-refractivity contribution in [1.29, 1.82) is 0 Å². The molecule has 0 N–H and O–H groups in total. The number of hydrogen-bond donors (Lipinski definition) is 0. The predicted octanol–water partition coefficient (Wildman–Crippen LogP) is 5.13. The number of ether oxygens (including phenoxy) is 1. The summed E-state index contributed by atoms with van der Waals surface area (Å²) in [6.45, 7) is 5.59. The highest BCUT2D eigenvalue weighted by Crippen LogP contribution is 2.36. The van der Waals surface area contributed by atoms with E-state index >= 15 is 0 Å². The van der Waals surface area contributed by atoms with Gasteiger partial charge in [-0.15, -0.1) is 0 Å². The number of methoxy groups -OCH3 is 1. The number of benzene rings is 1. The fourth-order valence-electron chi connectivity index (χ4n) is 3.72. The lowest BCUT2D eigenvalue weighted by atomic mass is 9.85. The maximum Gasteiger partial charge on any atom is 0.118 e. The summed E-state index contributed by atoms with van der Waals surface area (Å²) in [5.41, 5.74) is 6.25. The van der Waals surface area contributed by atoms with Crippen molar-refractivity contribution in [2.24, 2.45) is 5.92 Å². The zero-order valence-electron chi connectivity index (χ0n) is 14.7. The minimum atomic E-state index is 0.822. The highest BCUT2D eigenvalue weighted by Gasteiger charge is 2.22. The van der Waals surface area contributed by atoms with Crippen molar-refractivity contribution in [2.75, 3.05) is 7.11 Å². The summed E-state index contributed by atoms with van der Waals surface area (Å²) in [6.07, 6.45) is 6.03. The van der Waals surface area contributed by atoms with Crippen molar-refractivity contribution in [2.45, 2.75) is 39.7 Å². The van der Waals surface area contributed by atoms with Crippen LogP contribution in [0.15, 0.2) is 36.5 Å². The Hall–Kier alpha value is -2.29. The maximum atomic E-state index is 5.29. The first-order valence-corrected chi connectivity index (χ1v) is 8.78. The molecular formula is C21H24N2O. The van der Waals surface area contributed by atoms with Crippen LogP contribution in [0.4, 0.5) is 0 Å². The molecule has 124 valence electrons. The molecular weight excluding hydrogens is 296 g/mol. The SMILES string of the molecule is COc1ccc(-c2nccc3c(C)c(C)n(CC4CCC4)c23)cc1. The van der Waals surface area contributed by atoms with Crippen LogP contribution in [0, 0.1) is 19.8 Å². The largest absolute Gasteiger partial charge is 0.497 e. The summed E-state index contributed by atoms with van der Waals surface area (Å²) < 4.78 is 7.79. The summed E-state index contributed by atoms with van der Waals surface area (Å²) in [4.78, 5) is 4.74. The Balaban J connectivity index is 1.89. The fourth-order valence-corrected chi connectivity index (χ4v) is 3.72. The number of rotatable bonds is 4. The zero-order valence-corrected chi connectivity index (χ0v) is 14.7. The average Bonchev–Trinajstić information content (AvgIpc) is 2.83. The van der Waals surface area contributed by atoms with Crippen LogP contribution in [0.2, 0.25) is 0 Å². The molecule has 1 fully saturated rings. The Bertz CT molecular complexity index is 873. The van der Waals surface area contributed by atoms with E-state index < -0.39 is 0 Å². The fraction of sp³-hybridized carbons (Fsp3) is 0.381. The van der Waals surface area contributed by atoms with Gasteiger partial charge in [-0.05, 0) is 68.5 Å². The van der Waals surface area contributed by atoms with Gasteiger partial charge in [-0.3, -0.25) is 4.98 Å². The van der Waals surface area contributed by atoms with Gasteiger partial charge < -0.3 is 9.30 Å². The monoisotopic (exact) mass is 320 g/mol.